The molecule has 2 aliphatic heterocycles. The second-order valence-electron chi connectivity index (χ2n) is 15.8. The number of nitrogens with zero attached hydrogens (tertiary/aromatic N) is 2. The molecule has 10 heteroatoms. The fourth-order valence-electron chi connectivity index (χ4n) is 6.07. The van der Waals surface area contributed by atoms with Crippen molar-refractivity contribution in [3.05, 3.63) is 35.9 Å². The number of esters is 2. The molecule has 1 aromatic rings. The van der Waals surface area contributed by atoms with Crippen LogP contribution in [0.1, 0.15) is 107 Å². The van der Waals surface area contributed by atoms with Crippen LogP contribution >= 0.6 is 0 Å². The van der Waals surface area contributed by atoms with E-state index in [0.29, 0.717) is 6.42 Å². The molecule has 0 radical (unpaired) electrons. The molecule has 0 aliphatic carbocycles. The van der Waals surface area contributed by atoms with E-state index in [1.807, 2.05) is 30.3 Å². The van der Waals surface area contributed by atoms with Gasteiger partial charge in [-0.15, -0.1) is 0 Å². The van der Waals surface area contributed by atoms with Crippen molar-refractivity contribution in [1.29, 1.82) is 0 Å². The van der Waals surface area contributed by atoms with Gasteiger partial charge in [0.1, 0.15) is 28.4 Å². The number of hydrogen-bond donors (Lipinski definition) is 0. The van der Waals surface area contributed by atoms with Crippen molar-refractivity contribution in [1.82, 2.24) is 9.80 Å². The van der Waals surface area contributed by atoms with Crippen LogP contribution in [0.25, 0.3) is 0 Å². The monoisotopic (exact) mass is 616 g/mol. The van der Waals surface area contributed by atoms with Crippen LogP contribution in [0.3, 0.4) is 0 Å². The molecular weight excluding hydrogens is 564 g/mol. The summed E-state index contributed by atoms with van der Waals surface area (Å²) in [6.45, 7) is 21.3. The molecule has 2 aliphatic rings. The lowest BCUT2D eigenvalue weighted by atomic mass is 9.70. The number of amides is 2. The van der Waals surface area contributed by atoms with Crippen molar-refractivity contribution in [3.8, 4) is 0 Å². The molecule has 3 rings (SSSR count). The van der Waals surface area contributed by atoms with Gasteiger partial charge in [0.2, 0.25) is 0 Å². The lowest BCUT2D eigenvalue weighted by molar-refractivity contribution is -0.173. The first-order valence-electron chi connectivity index (χ1n) is 15.5. The summed E-state index contributed by atoms with van der Waals surface area (Å²) in [7, 11) is 0. The summed E-state index contributed by atoms with van der Waals surface area (Å²) < 4.78 is 23.5. The molecule has 0 bridgehead atoms. The predicted molar refractivity (Wildman–Crippen MR) is 166 cm³/mol. The van der Waals surface area contributed by atoms with Crippen molar-refractivity contribution in [3.63, 3.8) is 0 Å². The fourth-order valence-corrected chi connectivity index (χ4v) is 6.07. The van der Waals surface area contributed by atoms with Gasteiger partial charge in [-0.3, -0.25) is 9.80 Å². The number of rotatable bonds is 4. The predicted octanol–water partition coefficient (Wildman–Crippen LogP) is 6.46. The fraction of sp³-hybridized carbons (Fsp3) is 0.706. The lowest BCUT2D eigenvalue weighted by Crippen LogP contribution is -2.63. The smallest absolute Gasteiger partial charge is 0.411 e. The number of carbonyl (C=O) groups is 4. The second kappa shape index (κ2) is 12.2. The van der Waals surface area contributed by atoms with Crippen molar-refractivity contribution in [2.24, 2.45) is 5.92 Å². The van der Waals surface area contributed by atoms with Crippen LogP contribution in [0.2, 0.25) is 0 Å². The SMILES string of the molecule is CC(C)(C)OC(=O)[C@H]1CC([C@]2(C(=O)OC(C)(C)C)[C@H](c3ccccc3)CCN2C(=O)OC(C)(C)C)CN1C(=O)OC(C)(C)C. The number of benzene rings is 1. The van der Waals surface area contributed by atoms with Crippen LogP contribution in [0.5, 0.6) is 0 Å². The molecule has 4 atom stereocenters. The van der Waals surface area contributed by atoms with Crippen molar-refractivity contribution in [2.45, 2.75) is 136 Å². The largest absolute Gasteiger partial charge is 0.458 e. The molecule has 0 spiro atoms. The van der Waals surface area contributed by atoms with Crippen LogP contribution in [-0.2, 0) is 28.5 Å². The third-order valence-corrected chi connectivity index (χ3v) is 7.39. The van der Waals surface area contributed by atoms with E-state index in [2.05, 4.69) is 0 Å². The molecule has 2 amide bonds. The molecule has 0 saturated carbocycles. The Hall–Kier alpha value is -3.30. The van der Waals surface area contributed by atoms with E-state index in [1.165, 1.54) is 9.80 Å². The average Bonchev–Trinajstić information content (AvgIpc) is 3.44. The summed E-state index contributed by atoms with van der Waals surface area (Å²) in [6, 6.07) is 8.46. The highest BCUT2D eigenvalue weighted by molar-refractivity contribution is 5.90. The third-order valence-electron chi connectivity index (χ3n) is 7.39. The summed E-state index contributed by atoms with van der Waals surface area (Å²) in [5.41, 5.74) is -4.14. The number of likely N-dealkylation sites (tertiary alicyclic amines) is 2. The Morgan fingerprint density at radius 1 is 0.705 bits per heavy atom. The Bertz CT molecular complexity index is 1180. The molecule has 2 saturated heterocycles. The van der Waals surface area contributed by atoms with Crippen LogP contribution in [0.15, 0.2) is 30.3 Å². The Morgan fingerprint density at radius 2 is 1.20 bits per heavy atom. The van der Waals surface area contributed by atoms with Crippen LogP contribution < -0.4 is 0 Å². The molecule has 0 aromatic heterocycles. The second-order valence-corrected chi connectivity index (χ2v) is 15.8. The topological polar surface area (TPSA) is 112 Å². The number of carbonyl (C=O) groups excluding carboxylic acids is 4. The Kier molecular flexibility index (Phi) is 9.79. The van der Waals surface area contributed by atoms with Gasteiger partial charge in [-0.05, 0) is 101 Å². The van der Waals surface area contributed by atoms with E-state index in [9.17, 15) is 19.2 Å². The van der Waals surface area contributed by atoms with E-state index in [-0.39, 0.29) is 19.5 Å². The molecule has 10 nitrogen and oxygen atoms in total. The maximum Gasteiger partial charge on any atom is 0.411 e. The van der Waals surface area contributed by atoms with Gasteiger partial charge in [-0.1, -0.05) is 30.3 Å². The van der Waals surface area contributed by atoms with Gasteiger partial charge in [0.05, 0.1) is 0 Å². The zero-order chi connectivity index (χ0) is 33.5. The third kappa shape index (κ3) is 8.24. The zero-order valence-electron chi connectivity index (χ0n) is 28.6. The summed E-state index contributed by atoms with van der Waals surface area (Å²) in [5, 5.41) is 0. The molecule has 0 N–H and O–H groups in total. The quantitative estimate of drug-likeness (QED) is 0.280. The molecular formula is C34H52N2O8. The van der Waals surface area contributed by atoms with Crippen LogP contribution in [-0.4, -0.2) is 81.0 Å². The summed E-state index contributed by atoms with van der Waals surface area (Å²) >= 11 is 0. The van der Waals surface area contributed by atoms with Gasteiger partial charge in [-0.25, -0.2) is 19.2 Å². The maximum atomic E-state index is 14.7. The Labute approximate surface area is 262 Å². The van der Waals surface area contributed by atoms with Gasteiger partial charge in [0.15, 0.2) is 5.54 Å². The van der Waals surface area contributed by atoms with Crippen LogP contribution in [0.4, 0.5) is 9.59 Å². The first-order chi connectivity index (χ1) is 19.9. The minimum absolute atomic E-state index is 0.0410. The molecule has 246 valence electrons. The summed E-state index contributed by atoms with van der Waals surface area (Å²) in [5.74, 6) is -2.44. The molecule has 2 heterocycles. The maximum absolute atomic E-state index is 14.7. The van der Waals surface area contributed by atoms with Crippen LogP contribution in [0, 0.1) is 5.92 Å². The van der Waals surface area contributed by atoms with Crippen molar-refractivity contribution in [2.75, 3.05) is 13.1 Å². The minimum atomic E-state index is -1.60. The average molecular weight is 617 g/mol. The number of ether oxygens (including phenoxy) is 4. The first-order valence-corrected chi connectivity index (χ1v) is 15.5. The standard InChI is InChI=1S/C34H52N2O8/c1-30(2,3)41-26(37)25-20-23(21-35(25)28(39)43-32(7,8)9)34(27(38)42-31(4,5)6)24(22-16-14-13-15-17-22)18-19-36(34)29(40)44-33(10,11)12/h13-17,23-25H,18-21H2,1-12H3/t23?,24-,25+,34+/m0/s1. The minimum Gasteiger partial charge on any atom is -0.458 e. The van der Waals surface area contributed by atoms with Crippen molar-refractivity contribution < 1.29 is 38.1 Å². The van der Waals surface area contributed by atoms with Gasteiger partial charge >= 0.3 is 24.1 Å². The molecule has 44 heavy (non-hydrogen) atoms. The van der Waals surface area contributed by atoms with Gasteiger partial charge < -0.3 is 18.9 Å². The molecule has 1 unspecified atom stereocenters. The Balaban J connectivity index is 2.26. The lowest BCUT2D eigenvalue weighted by Gasteiger charge is -2.45. The highest BCUT2D eigenvalue weighted by atomic mass is 16.6. The van der Waals surface area contributed by atoms with Gasteiger partial charge in [-0.2, -0.15) is 0 Å². The normalized spacial score (nSPS) is 24.6. The van der Waals surface area contributed by atoms with E-state index >= 15 is 0 Å². The van der Waals surface area contributed by atoms with Gasteiger partial charge in [0.25, 0.3) is 0 Å². The van der Waals surface area contributed by atoms with E-state index < -0.39 is 69.9 Å². The van der Waals surface area contributed by atoms with E-state index in [4.69, 9.17) is 18.9 Å². The molecule has 2 fully saturated rings. The summed E-state index contributed by atoms with van der Waals surface area (Å²) in [4.78, 5) is 58.8. The van der Waals surface area contributed by atoms with E-state index in [1.54, 1.807) is 83.1 Å². The highest BCUT2D eigenvalue weighted by Gasteiger charge is 2.66. The highest BCUT2D eigenvalue weighted by Crippen LogP contribution is 2.52. The van der Waals surface area contributed by atoms with Crippen molar-refractivity contribution >= 4 is 24.1 Å². The first kappa shape index (κ1) is 35.2. The summed E-state index contributed by atoms with van der Waals surface area (Å²) in [6.07, 6.45) is -0.863. The molecule has 1 aromatic carbocycles. The number of hydrogen-bond acceptors (Lipinski definition) is 8. The zero-order valence-corrected chi connectivity index (χ0v) is 28.6. The van der Waals surface area contributed by atoms with Gasteiger partial charge in [0, 0.05) is 24.9 Å². The Morgan fingerprint density at radius 3 is 1.70 bits per heavy atom. The van der Waals surface area contributed by atoms with E-state index in [0.717, 1.165) is 5.56 Å².